The van der Waals surface area contributed by atoms with E-state index in [9.17, 15) is 9.59 Å². The van der Waals surface area contributed by atoms with Gasteiger partial charge in [-0.15, -0.1) is 0 Å². The minimum atomic E-state index is -0.315. The molecule has 1 rings (SSSR count). The van der Waals surface area contributed by atoms with Crippen LogP contribution in [0.3, 0.4) is 0 Å². The quantitative estimate of drug-likeness (QED) is 0.725. The molecule has 1 aromatic rings. The predicted molar refractivity (Wildman–Crippen MR) is 90.9 cm³/mol. The molecule has 122 valence electrons. The molecule has 2 amide bonds. The molecule has 5 nitrogen and oxygen atoms in total. The van der Waals surface area contributed by atoms with E-state index in [4.69, 9.17) is 0 Å². The molecule has 22 heavy (non-hydrogen) atoms. The van der Waals surface area contributed by atoms with Crippen molar-refractivity contribution in [3.05, 3.63) is 24.3 Å². The van der Waals surface area contributed by atoms with Crippen LogP contribution in [0.2, 0.25) is 0 Å². The van der Waals surface area contributed by atoms with Crippen LogP contribution < -0.4 is 16.0 Å². The van der Waals surface area contributed by atoms with E-state index in [-0.39, 0.29) is 29.8 Å². The van der Waals surface area contributed by atoms with Crippen LogP contribution in [-0.2, 0) is 9.59 Å². The minimum Gasteiger partial charge on any atom is -0.374 e. The van der Waals surface area contributed by atoms with Crippen molar-refractivity contribution >= 4 is 23.2 Å². The monoisotopic (exact) mass is 305 g/mol. The third-order valence-corrected chi connectivity index (χ3v) is 3.45. The average molecular weight is 305 g/mol. The molecule has 0 saturated heterocycles. The fourth-order valence-corrected chi connectivity index (χ4v) is 1.72. The molecule has 0 saturated carbocycles. The lowest BCUT2D eigenvalue weighted by molar-refractivity contribution is -0.122. The second kappa shape index (κ2) is 8.41. The van der Waals surface area contributed by atoms with Gasteiger partial charge in [-0.2, -0.15) is 0 Å². The van der Waals surface area contributed by atoms with Crippen LogP contribution in [0.15, 0.2) is 24.3 Å². The zero-order chi connectivity index (χ0) is 16.7. The Labute approximate surface area is 132 Å². The van der Waals surface area contributed by atoms with E-state index in [1.165, 1.54) is 0 Å². The minimum absolute atomic E-state index is 0.0120. The van der Waals surface area contributed by atoms with E-state index in [1.54, 1.807) is 0 Å². The van der Waals surface area contributed by atoms with Crippen molar-refractivity contribution in [2.24, 2.45) is 5.92 Å². The number of rotatable bonds is 7. The topological polar surface area (TPSA) is 70.2 Å². The molecule has 3 N–H and O–H groups in total. The molecule has 0 aliphatic heterocycles. The third kappa shape index (κ3) is 5.76. The van der Waals surface area contributed by atoms with Crippen LogP contribution in [0, 0.1) is 5.92 Å². The Kier molecular flexibility index (Phi) is 6.89. The van der Waals surface area contributed by atoms with Crippen molar-refractivity contribution in [3.63, 3.8) is 0 Å². The second-order valence-electron chi connectivity index (χ2n) is 5.91. The highest BCUT2D eigenvalue weighted by atomic mass is 16.2. The van der Waals surface area contributed by atoms with Gasteiger partial charge in [-0.3, -0.25) is 9.59 Å². The normalized spacial score (nSPS) is 13.4. The Morgan fingerprint density at radius 1 is 0.955 bits per heavy atom. The van der Waals surface area contributed by atoms with E-state index in [0.29, 0.717) is 0 Å². The van der Waals surface area contributed by atoms with Crippen LogP contribution in [0.4, 0.5) is 11.4 Å². The molecule has 0 radical (unpaired) electrons. The van der Waals surface area contributed by atoms with Gasteiger partial charge in [0.05, 0.1) is 0 Å². The highest BCUT2D eigenvalue weighted by Crippen LogP contribution is 2.15. The van der Waals surface area contributed by atoms with Crippen molar-refractivity contribution in [1.29, 1.82) is 0 Å². The van der Waals surface area contributed by atoms with Crippen LogP contribution in [-0.4, -0.2) is 23.9 Å². The highest BCUT2D eigenvalue weighted by molar-refractivity contribution is 5.92. The second-order valence-corrected chi connectivity index (χ2v) is 5.91. The number of benzene rings is 1. The first kappa shape index (κ1) is 18.0. The van der Waals surface area contributed by atoms with E-state index in [0.717, 1.165) is 17.8 Å². The van der Waals surface area contributed by atoms with Gasteiger partial charge in [-0.1, -0.05) is 20.8 Å². The molecule has 0 aliphatic carbocycles. The molecule has 2 atom stereocenters. The number of nitrogens with one attached hydrogen (secondary N) is 3. The summed E-state index contributed by atoms with van der Waals surface area (Å²) < 4.78 is 0. The maximum Gasteiger partial charge on any atom is 0.242 e. The number of carbonyl (C=O) groups is 2. The Balaban J connectivity index is 2.56. The Hall–Kier alpha value is -2.04. The van der Waals surface area contributed by atoms with Crippen LogP contribution in [0.1, 0.15) is 41.0 Å². The van der Waals surface area contributed by atoms with E-state index >= 15 is 0 Å². The first-order chi connectivity index (χ1) is 10.3. The van der Waals surface area contributed by atoms with Gasteiger partial charge in [0.2, 0.25) is 11.8 Å². The summed E-state index contributed by atoms with van der Waals surface area (Å²) in [6.07, 6.45) is 0.905. The molecule has 0 bridgehead atoms. The first-order valence-electron chi connectivity index (χ1n) is 7.81. The van der Waals surface area contributed by atoms with E-state index in [2.05, 4.69) is 16.0 Å². The van der Waals surface area contributed by atoms with Crippen molar-refractivity contribution < 1.29 is 9.59 Å². The predicted octanol–water partition coefficient (Wildman–Crippen LogP) is 3.00. The van der Waals surface area contributed by atoms with Crippen LogP contribution >= 0.6 is 0 Å². The van der Waals surface area contributed by atoms with Crippen molar-refractivity contribution in [2.45, 2.75) is 53.1 Å². The molecule has 5 heteroatoms. The number of amides is 2. The van der Waals surface area contributed by atoms with Crippen molar-refractivity contribution in [3.8, 4) is 0 Å². The zero-order valence-corrected chi connectivity index (χ0v) is 14.1. The van der Waals surface area contributed by atoms with E-state index < -0.39 is 0 Å². The molecule has 0 heterocycles. The summed E-state index contributed by atoms with van der Waals surface area (Å²) in [6.45, 7) is 9.54. The third-order valence-electron chi connectivity index (χ3n) is 3.45. The maximum absolute atomic E-state index is 12.0. The summed E-state index contributed by atoms with van der Waals surface area (Å²) in [5.41, 5.74) is 1.59. The van der Waals surface area contributed by atoms with Crippen molar-refractivity contribution in [2.75, 3.05) is 10.6 Å². The molecule has 0 aromatic heterocycles. The zero-order valence-electron chi connectivity index (χ0n) is 14.1. The van der Waals surface area contributed by atoms with Gasteiger partial charge in [0.1, 0.15) is 6.04 Å². The SMILES string of the molecule is CCC(C)NC(=O)C(C)Nc1ccc(NC(=O)C(C)C)cc1. The van der Waals surface area contributed by atoms with Crippen LogP contribution in [0.5, 0.6) is 0 Å². The molecular weight excluding hydrogens is 278 g/mol. The Morgan fingerprint density at radius 3 is 2.00 bits per heavy atom. The summed E-state index contributed by atoms with van der Waals surface area (Å²) in [6, 6.07) is 7.20. The van der Waals surface area contributed by atoms with Crippen molar-refractivity contribution in [1.82, 2.24) is 5.32 Å². The fourth-order valence-electron chi connectivity index (χ4n) is 1.72. The number of hydrogen-bond acceptors (Lipinski definition) is 3. The Bertz CT molecular complexity index is 497. The maximum atomic E-state index is 12.0. The smallest absolute Gasteiger partial charge is 0.242 e. The number of carbonyl (C=O) groups excluding carboxylic acids is 2. The van der Waals surface area contributed by atoms with Crippen LogP contribution in [0.25, 0.3) is 0 Å². The molecule has 0 aliphatic rings. The summed E-state index contributed by atoms with van der Waals surface area (Å²) in [5.74, 6) is -0.0874. The summed E-state index contributed by atoms with van der Waals surface area (Å²) in [4.78, 5) is 23.6. The highest BCUT2D eigenvalue weighted by Gasteiger charge is 2.14. The molecule has 1 aromatic carbocycles. The lowest BCUT2D eigenvalue weighted by Crippen LogP contribution is -2.41. The molecule has 0 fully saturated rings. The summed E-state index contributed by atoms with van der Waals surface area (Å²) >= 11 is 0. The number of hydrogen-bond donors (Lipinski definition) is 3. The van der Waals surface area contributed by atoms with Gasteiger partial charge in [0, 0.05) is 23.3 Å². The lowest BCUT2D eigenvalue weighted by Gasteiger charge is -2.18. The standard InChI is InChI=1S/C17H27N3O2/c1-6-12(4)18-17(22)13(5)19-14-7-9-15(10-8-14)20-16(21)11(2)3/h7-13,19H,6H2,1-5H3,(H,18,22)(H,20,21). The molecule has 2 unspecified atom stereocenters. The van der Waals surface area contributed by atoms with Gasteiger partial charge >= 0.3 is 0 Å². The molecule has 0 spiro atoms. The fraction of sp³-hybridized carbons (Fsp3) is 0.529. The first-order valence-corrected chi connectivity index (χ1v) is 7.81. The van der Waals surface area contributed by atoms with Gasteiger partial charge in [0.15, 0.2) is 0 Å². The lowest BCUT2D eigenvalue weighted by atomic mass is 10.2. The number of anilines is 2. The van der Waals surface area contributed by atoms with Gasteiger partial charge in [-0.05, 0) is 44.5 Å². The molecular formula is C17H27N3O2. The van der Waals surface area contributed by atoms with Gasteiger partial charge < -0.3 is 16.0 Å². The average Bonchev–Trinajstić information content (AvgIpc) is 2.48. The van der Waals surface area contributed by atoms with E-state index in [1.807, 2.05) is 58.9 Å². The largest absolute Gasteiger partial charge is 0.374 e. The Morgan fingerprint density at radius 2 is 1.50 bits per heavy atom. The van der Waals surface area contributed by atoms with Gasteiger partial charge in [-0.25, -0.2) is 0 Å². The summed E-state index contributed by atoms with van der Waals surface area (Å²) in [7, 11) is 0. The van der Waals surface area contributed by atoms with Gasteiger partial charge in [0.25, 0.3) is 0 Å². The summed E-state index contributed by atoms with van der Waals surface area (Å²) in [5, 5.41) is 8.92.